The maximum absolute atomic E-state index is 12.4. The summed E-state index contributed by atoms with van der Waals surface area (Å²) < 4.78 is 12.2. The second kappa shape index (κ2) is 10.5. The van der Waals surface area contributed by atoms with Gasteiger partial charge in [-0.05, 0) is 57.4 Å². The molecule has 1 N–H and O–H groups in total. The monoisotopic (exact) mass is 485 g/mol. The number of halogens is 1. The number of piperidine rings is 1. The normalized spacial score (nSPS) is 14.0. The molecule has 1 aliphatic rings. The Balaban J connectivity index is 1.51. The van der Waals surface area contributed by atoms with E-state index in [4.69, 9.17) is 26.3 Å². The second-order valence-corrected chi connectivity index (χ2v) is 10.2. The van der Waals surface area contributed by atoms with Gasteiger partial charge in [0, 0.05) is 43.1 Å². The summed E-state index contributed by atoms with van der Waals surface area (Å²) in [6.07, 6.45) is 4.24. The fourth-order valence-corrected chi connectivity index (χ4v) is 4.93. The highest BCUT2D eigenvalue weighted by molar-refractivity contribution is 7.18. The van der Waals surface area contributed by atoms with E-state index in [9.17, 15) is 4.79 Å². The van der Waals surface area contributed by atoms with Crippen molar-refractivity contribution in [3.63, 3.8) is 0 Å². The molecule has 3 heterocycles. The molecule has 0 aliphatic carbocycles. The Bertz CT molecular complexity index is 1130. The summed E-state index contributed by atoms with van der Waals surface area (Å²) in [6, 6.07) is 11.1. The summed E-state index contributed by atoms with van der Waals surface area (Å²) in [5, 5.41) is 12.9. The van der Waals surface area contributed by atoms with Crippen LogP contribution in [0.5, 0.6) is 5.75 Å². The second-order valence-electron chi connectivity index (χ2n) is 8.48. The highest BCUT2D eigenvalue weighted by Gasteiger charge is 2.19. The zero-order valence-electron chi connectivity index (χ0n) is 18.9. The lowest BCUT2D eigenvalue weighted by atomic mass is 10.0. The molecule has 0 amide bonds. The molecule has 2 aromatic heterocycles. The summed E-state index contributed by atoms with van der Waals surface area (Å²) in [5.41, 5.74) is 2.30. The van der Waals surface area contributed by atoms with Crippen LogP contribution in [0.1, 0.15) is 60.5 Å². The molecule has 3 aromatic rings. The average molecular weight is 486 g/mol. The molecular weight excluding hydrogens is 458 g/mol. The lowest BCUT2D eigenvalue weighted by molar-refractivity contribution is 0.0984. The Kier molecular flexibility index (Phi) is 7.50. The number of nitrogens with zero attached hydrogens (tertiary/aromatic N) is 2. The van der Waals surface area contributed by atoms with Crippen molar-refractivity contribution in [3.8, 4) is 17.0 Å². The molecule has 1 aromatic carbocycles. The van der Waals surface area contributed by atoms with E-state index in [1.165, 1.54) is 17.8 Å². The van der Waals surface area contributed by atoms with Crippen LogP contribution >= 0.6 is 22.9 Å². The maximum atomic E-state index is 12.4. The number of rotatable bonds is 8. The van der Waals surface area contributed by atoms with Crippen LogP contribution in [-0.2, 0) is 6.42 Å². The van der Waals surface area contributed by atoms with Gasteiger partial charge in [-0.15, -0.1) is 11.3 Å². The van der Waals surface area contributed by atoms with Crippen LogP contribution < -0.4 is 4.74 Å². The molecule has 0 radical (unpaired) electrons. The standard InChI is InChI=1S/C25H28ClN3O3S/c1-16(2)31-22-14-17(25(27)29-12-4-3-5-13-29)6-8-19(22)20-15-18(32-28-20)7-9-21(30)23-10-11-24(26)33-23/h6,8,10-11,14-16,27H,3-5,7,9,12-13H2,1-2H3. The van der Waals surface area contributed by atoms with Crippen LogP contribution in [0.3, 0.4) is 0 Å². The average Bonchev–Trinajstić information content (AvgIpc) is 3.46. The van der Waals surface area contributed by atoms with Gasteiger partial charge in [0.1, 0.15) is 23.0 Å². The number of ketones is 1. The van der Waals surface area contributed by atoms with E-state index < -0.39 is 0 Å². The fraction of sp³-hybridized carbons (Fsp3) is 0.400. The van der Waals surface area contributed by atoms with Gasteiger partial charge < -0.3 is 14.2 Å². The number of carbonyl (C=O) groups is 1. The number of carbonyl (C=O) groups excluding carboxylic acids is 1. The number of likely N-dealkylation sites (tertiary alicyclic amines) is 1. The lowest BCUT2D eigenvalue weighted by Gasteiger charge is -2.29. The van der Waals surface area contributed by atoms with Gasteiger partial charge in [0.05, 0.1) is 15.3 Å². The Morgan fingerprint density at radius 1 is 1.21 bits per heavy atom. The number of hydrogen-bond donors (Lipinski definition) is 1. The Morgan fingerprint density at radius 3 is 2.70 bits per heavy atom. The SMILES string of the molecule is CC(C)Oc1cc(C(=N)N2CCCCC2)ccc1-c1cc(CCC(=O)c2ccc(Cl)s2)on1. The number of aryl methyl sites for hydroxylation is 1. The molecule has 1 fully saturated rings. The molecule has 174 valence electrons. The third-order valence-electron chi connectivity index (χ3n) is 5.57. The van der Waals surface area contributed by atoms with E-state index in [0.29, 0.717) is 45.1 Å². The first-order valence-electron chi connectivity index (χ1n) is 11.3. The minimum atomic E-state index is -0.0233. The number of amidine groups is 1. The van der Waals surface area contributed by atoms with Crippen molar-refractivity contribution in [2.45, 2.75) is 52.1 Å². The van der Waals surface area contributed by atoms with Crippen molar-refractivity contribution in [3.05, 3.63) is 56.9 Å². The van der Waals surface area contributed by atoms with E-state index in [1.807, 2.05) is 38.1 Å². The highest BCUT2D eigenvalue weighted by atomic mass is 35.5. The summed E-state index contributed by atoms with van der Waals surface area (Å²) >= 11 is 7.21. The van der Waals surface area contributed by atoms with Crippen molar-refractivity contribution in [1.29, 1.82) is 5.41 Å². The van der Waals surface area contributed by atoms with Gasteiger partial charge >= 0.3 is 0 Å². The largest absolute Gasteiger partial charge is 0.490 e. The van der Waals surface area contributed by atoms with Gasteiger partial charge in [0.25, 0.3) is 0 Å². The van der Waals surface area contributed by atoms with Gasteiger partial charge in [-0.25, -0.2) is 0 Å². The van der Waals surface area contributed by atoms with Crippen molar-refractivity contribution in [2.75, 3.05) is 13.1 Å². The molecule has 0 saturated carbocycles. The number of Topliss-reactive ketones (excluding diaryl/α,β-unsaturated/α-hetero) is 1. The Morgan fingerprint density at radius 2 is 2.00 bits per heavy atom. The first-order chi connectivity index (χ1) is 15.9. The molecular formula is C25H28ClN3O3S. The van der Waals surface area contributed by atoms with Crippen LogP contribution in [0.25, 0.3) is 11.3 Å². The molecule has 6 nitrogen and oxygen atoms in total. The van der Waals surface area contributed by atoms with E-state index in [-0.39, 0.29) is 11.9 Å². The first kappa shape index (κ1) is 23.5. The molecule has 0 unspecified atom stereocenters. The molecule has 1 saturated heterocycles. The topological polar surface area (TPSA) is 79.4 Å². The molecule has 33 heavy (non-hydrogen) atoms. The summed E-state index contributed by atoms with van der Waals surface area (Å²) in [6.45, 7) is 5.79. The van der Waals surface area contributed by atoms with E-state index in [0.717, 1.165) is 37.1 Å². The van der Waals surface area contributed by atoms with Crippen LogP contribution in [0.2, 0.25) is 4.34 Å². The molecule has 1 aliphatic heterocycles. The quantitative estimate of drug-likeness (QED) is 0.224. The predicted octanol–water partition coefficient (Wildman–Crippen LogP) is 6.47. The first-order valence-corrected chi connectivity index (χ1v) is 12.5. The zero-order valence-corrected chi connectivity index (χ0v) is 20.5. The number of aromatic nitrogens is 1. The minimum absolute atomic E-state index is 0.0233. The summed E-state index contributed by atoms with van der Waals surface area (Å²) in [7, 11) is 0. The van der Waals surface area contributed by atoms with Gasteiger partial charge in [0.2, 0.25) is 0 Å². The lowest BCUT2D eigenvalue weighted by Crippen LogP contribution is -2.35. The maximum Gasteiger partial charge on any atom is 0.173 e. The molecule has 0 bridgehead atoms. The molecule has 0 atom stereocenters. The summed E-state index contributed by atoms with van der Waals surface area (Å²) in [5.74, 6) is 1.88. The van der Waals surface area contributed by atoms with Gasteiger partial charge in [-0.3, -0.25) is 10.2 Å². The van der Waals surface area contributed by atoms with Crippen LogP contribution in [0, 0.1) is 5.41 Å². The highest BCUT2D eigenvalue weighted by Crippen LogP contribution is 2.33. The van der Waals surface area contributed by atoms with Crippen molar-refractivity contribution in [1.82, 2.24) is 10.1 Å². The zero-order chi connectivity index (χ0) is 23.4. The van der Waals surface area contributed by atoms with Gasteiger partial charge in [-0.2, -0.15) is 0 Å². The number of thiophene rings is 1. The third-order valence-corrected chi connectivity index (χ3v) is 6.84. The third kappa shape index (κ3) is 5.84. The van der Waals surface area contributed by atoms with Crippen molar-refractivity contribution >= 4 is 34.6 Å². The minimum Gasteiger partial charge on any atom is -0.490 e. The number of ether oxygens (including phenoxy) is 1. The summed E-state index contributed by atoms with van der Waals surface area (Å²) in [4.78, 5) is 15.1. The van der Waals surface area contributed by atoms with E-state index in [1.54, 1.807) is 12.1 Å². The van der Waals surface area contributed by atoms with Crippen LogP contribution in [0.4, 0.5) is 0 Å². The van der Waals surface area contributed by atoms with E-state index >= 15 is 0 Å². The van der Waals surface area contributed by atoms with Crippen LogP contribution in [-0.4, -0.2) is 40.9 Å². The van der Waals surface area contributed by atoms with Gasteiger partial charge in [0.15, 0.2) is 5.78 Å². The van der Waals surface area contributed by atoms with Crippen LogP contribution in [0.15, 0.2) is 40.9 Å². The molecule has 4 rings (SSSR count). The number of nitrogens with one attached hydrogen (secondary N) is 1. The van der Waals surface area contributed by atoms with Crippen molar-refractivity contribution in [2.24, 2.45) is 0 Å². The Hall–Kier alpha value is -2.64. The predicted molar refractivity (Wildman–Crippen MR) is 132 cm³/mol. The molecule has 0 spiro atoms. The number of benzene rings is 1. The van der Waals surface area contributed by atoms with Crippen molar-refractivity contribution < 1.29 is 14.1 Å². The van der Waals surface area contributed by atoms with Gasteiger partial charge in [-0.1, -0.05) is 22.8 Å². The number of hydrogen-bond acceptors (Lipinski definition) is 6. The molecule has 8 heteroatoms. The smallest absolute Gasteiger partial charge is 0.173 e. The Labute approximate surface area is 203 Å². The van der Waals surface area contributed by atoms with E-state index in [2.05, 4.69) is 10.1 Å². The fourth-order valence-electron chi connectivity index (χ4n) is 3.91.